The predicted molar refractivity (Wildman–Crippen MR) is 139 cm³/mol. The van der Waals surface area contributed by atoms with E-state index in [-0.39, 0.29) is 29.3 Å². The van der Waals surface area contributed by atoms with Crippen molar-refractivity contribution in [2.45, 2.75) is 75.7 Å². The molecule has 0 spiro atoms. The number of likely N-dealkylation sites (tertiary alicyclic amines) is 1. The normalized spacial score (nSPS) is 24.7. The Morgan fingerprint density at radius 1 is 0.947 bits per heavy atom. The maximum Gasteiger partial charge on any atom is 0.416 e. The molecule has 5 rings (SSSR count). The minimum absolute atomic E-state index is 0.0230. The molecule has 3 aliphatic rings. The minimum Gasteiger partial charge on any atom is -0.342 e. The fraction of sp³-hybridized carbons (Fsp3) is 0.567. The molecule has 2 saturated heterocycles. The van der Waals surface area contributed by atoms with Crippen molar-refractivity contribution in [3.63, 3.8) is 0 Å². The molecule has 1 amide bonds. The molecule has 1 saturated carbocycles. The third-order valence-electron chi connectivity index (χ3n) is 9.34. The van der Waals surface area contributed by atoms with Crippen LogP contribution in [0.5, 0.6) is 0 Å². The molecule has 2 heterocycles. The third-order valence-corrected chi connectivity index (χ3v) is 9.34. The fourth-order valence-electron chi connectivity index (χ4n) is 6.56. The summed E-state index contributed by atoms with van der Waals surface area (Å²) in [5, 5.41) is 0. The van der Waals surface area contributed by atoms with Gasteiger partial charge in [-0.15, -0.1) is 0 Å². The van der Waals surface area contributed by atoms with Gasteiger partial charge in [0.15, 0.2) is 0 Å². The lowest BCUT2D eigenvalue weighted by Gasteiger charge is -2.52. The van der Waals surface area contributed by atoms with Crippen LogP contribution in [0.4, 0.5) is 17.6 Å². The van der Waals surface area contributed by atoms with E-state index >= 15 is 0 Å². The van der Waals surface area contributed by atoms with Crippen LogP contribution in [0.15, 0.2) is 48.5 Å². The number of rotatable bonds is 5. The maximum atomic E-state index is 14.5. The van der Waals surface area contributed by atoms with Gasteiger partial charge >= 0.3 is 6.18 Å². The van der Waals surface area contributed by atoms with Crippen molar-refractivity contribution >= 4 is 5.91 Å². The summed E-state index contributed by atoms with van der Waals surface area (Å²) in [5.74, 6) is -0.231. The Hall–Kier alpha value is -2.45. The Labute approximate surface area is 222 Å². The molecule has 2 aromatic rings. The predicted octanol–water partition coefficient (Wildman–Crippen LogP) is 6.02. The zero-order valence-electron chi connectivity index (χ0n) is 22.4. The number of alkyl halides is 3. The highest BCUT2D eigenvalue weighted by atomic mass is 19.4. The summed E-state index contributed by atoms with van der Waals surface area (Å²) in [6.45, 7) is 10.4. The van der Waals surface area contributed by atoms with Gasteiger partial charge in [0, 0.05) is 55.9 Å². The first kappa shape index (κ1) is 27.1. The Balaban J connectivity index is 1.18. The Morgan fingerprint density at radius 3 is 2.13 bits per heavy atom. The largest absolute Gasteiger partial charge is 0.416 e. The molecule has 2 aromatic carbocycles. The summed E-state index contributed by atoms with van der Waals surface area (Å²) < 4.78 is 53.4. The van der Waals surface area contributed by atoms with Crippen molar-refractivity contribution in [1.82, 2.24) is 14.7 Å². The summed E-state index contributed by atoms with van der Waals surface area (Å²) in [4.78, 5) is 20.3. The Bertz CT molecular complexity index is 1150. The number of halogens is 4. The lowest BCUT2D eigenvalue weighted by molar-refractivity contribution is -0.138. The first-order valence-corrected chi connectivity index (χ1v) is 13.7. The second-order valence-electron chi connectivity index (χ2n) is 11.7. The number of nitrogens with zero attached hydrogens (tertiary/aromatic N) is 3. The van der Waals surface area contributed by atoms with Crippen molar-refractivity contribution < 1.29 is 22.4 Å². The lowest BCUT2D eigenvalue weighted by Crippen LogP contribution is -2.62. The van der Waals surface area contributed by atoms with Gasteiger partial charge < -0.3 is 4.90 Å². The molecule has 1 aliphatic carbocycles. The molecule has 38 heavy (non-hydrogen) atoms. The molecule has 0 bridgehead atoms. The average Bonchev–Trinajstić information content (AvgIpc) is 3.70. The third kappa shape index (κ3) is 4.97. The van der Waals surface area contributed by atoms with E-state index in [2.05, 4.69) is 30.6 Å². The molecule has 0 radical (unpaired) electrons. The van der Waals surface area contributed by atoms with Crippen LogP contribution in [0.25, 0.3) is 0 Å². The van der Waals surface area contributed by atoms with Crippen molar-refractivity contribution in [1.29, 1.82) is 0 Å². The summed E-state index contributed by atoms with van der Waals surface area (Å²) in [5.41, 5.74) is 0.0908. The molecule has 2 aliphatic heterocycles. The molecule has 2 atom stereocenters. The van der Waals surface area contributed by atoms with Crippen LogP contribution in [0.1, 0.15) is 69.2 Å². The first-order valence-electron chi connectivity index (χ1n) is 13.7. The number of hydrogen-bond acceptors (Lipinski definition) is 3. The van der Waals surface area contributed by atoms with E-state index in [1.807, 2.05) is 4.90 Å². The van der Waals surface area contributed by atoms with Crippen molar-refractivity contribution in [2.24, 2.45) is 0 Å². The van der Waals surface area contributed by atoms with E-state index in [4.69, 9.17) is 0 Å². The number of benzene rings is 2. The van der Waals surface area contributed by atoms with Crippen LogP contribution < -0.4 is 0 Å². The van der Waals surface area contributed by atoms with E-state index in [1.165, 1.54) is 18.2 Å². The van der Waals surface area contributed by atoms with Crippen LogP contribution in [0.3, 0.4) is 0 Å². The molecule has 4 nitrogen and oxygen atoms in total. The Morgan fingerprint density at radius 2 is 1.58 bits per heavy atom. The highest BCUT2D eigenvalue weighted by Gasteiger charge is 2.55. The molecule has 0 aromatic heterocycles. The highest BCUT2D eigenvalue weighted by molar-refractivity contribution is 5.91. The summed E-state index contributed by atoms with van der Waals surface area (Å²) in [6.07, 6.45) is -1.18. The van der Waals surface area contributed by atoms with E-state index in [1.54, 1.807) is 30.3 Å². The van der Waals surface area contributed by atoms with Gasteiger partial charge in [0.1, 0.15) is 5.82 Å². The van der Waals surface area contributed by atoms with Gasteiger partial charge in [-0.1, -0.05) is 30.3 Å². The number of hydrogen-bond donors (Lipinski definition) is 0. The van der Waals surface area contributed by atoms with Gasteiger partial charge in [-0.2, -0.15) is 13.2 Å². The lowest BCUT2D eigenvalue weighted by atomic mass is 9.85. The number of piperazine rings is 1. The standard InChI is InChI=1S/C30H37F4N3O/c1-21-20-36(18-19-37(21)22(2)23-8-10-24(11-9-23)30(32,33)34)28(3)14-16-35(17-15-28)27(38)29(12-13-29)25-6-4-5-7-26(25)31/h4-11,21-22H,12-20H2,1-3H3. The highest BCUT2D eigenvalue weighted by Crippen LogP contribution is 2.51. The van der Waals surface area contributed by atoms with Crippen molar-refractivity contribution in [2.75, 3.05) is 32.7 Å². The quantitative estimate of drug-likeness (QED) is 0.441. The molecular weight excluding hydrogens is 494 g/mol. The van der Waals surface area contributed by atoms with Gasteiger partial charge in [-0.3, -0.25) is 14.6 Å². The van der Waals surface area contributed by atoms with E-state index in [9.17, 15) is 22.4 Å². The molecule has 206 valence electrons. The molecule has 2 unspecified atom stereocenters. The molecule has 0 N–H and O–H groups in total. The zero-order valence-corrected chi connectivity index (χ0v) is 22.4. The minimum atomic E-state index is -4.33. The topological polar surface area (TPSA) is 26.8 Å². The smallest absolute Gasteiger partial charge is 0.342 e. The fourth-order valence-corrected chi connectivity index (χ4v) is 6.56. The summed E-state index contributed by atoms with van der Waals surface area (Å²) in [6, 6.07) is 12.4. The van der Waals surface area contributed by atoms with Gasteiger partial charge in [-0.25, -0.2) is 4.39 Å². The van der Waals surface area contributed by atoms with E-state index in [0.717, 1.165) is 38.0 Å². The number of piperidine rings is 1. The van der Waals surface area contributed by atoms with Crippen LogP contribution in [0, 0.1) is 5.82 Å². The van der Waals surface area contributed by atoms with Gasteiger partial charge in [0.05, 0.1) is 11.0 Å². The second kappa shape index (κ2) is 9.94. The van der Waals surface area contributed by atoms with Crippen LogP contribution in [-0.4, -0.2) is 64.9 Å². The monoisotopic (exact) mass is 531 g/mol. The van der Waals surface area contributed by atoms with Gasteiger partial charge in [0.2, 0.25) is 5.91 Å². The van der Waals surface area contributed by atoms with Crippen LogP contribution in [0.2, 0.25) is 0 Å². The summed E-state index contributed by atoms with van der Waals surface area (Å²) in [7, 11) is 0. The molecule has 3 fully saturated rings. The van der Waals surface area contributed by atoms with Crippen molar-refractivity contribution in [3.05, 3.63) is 71.0 Å². The Kier molecular flexibility index (Phi) is 7.10. The van der Waals surface area contributed by atoms with Gasteiger partial charge in [0.25, 0.3) is 0 Å². The second-order valence-corrected chi connectivity index (χ2v) is 11.7. The molecule has 8 heteroatoms. The number of carbonyl (C=O) groups excluding carboxylic acids is 1. The van der Waals surface area contributed by atoms with Crippen LogP contribution >= 0.6 is 0 Å². The van der Waals surface area contributed by atoms with E-state index < -0.39 is 17.2 Å². The van der Waals surface area contributed by atoms with Crippen molar-refractivity contribution in [3.8, 4) is 0 Å². The summed E-state index contributed by atoms with van der Waals surface area (Å²) >= 11 is 0. The SMILES string of the molecule is CC1CN(C2(C)CCN(C(=O)C3(c4ccccc4F)CC3)CC2)CCN1C(C)c1ccc(C(F)(F)F)cc1. The average molecular weight is 532 g/mol. The maximum absolute atomic E-state index is 14.5. The van der Waals surface area contributed by atoms with Crippen LogP contribution in [-0.2, 0) is 16.4 Å². The zero-order chi connectivity index (χ0) is 27.3. The van der Waals surface area contributed by atoms with Gasteiger partial charge in [-0.05, 0) is 70.2 Å². The first-order chi connectivity index (χ1) is 17.9. The number of carbonyl (C=O) groups is 1. The molecular formula is C30H37F4N3O. The van der Waals surface area contributed by atoms with E-state index in [0.29, 0.717) is 31.5 Å². The number of amides is 1.